The number of carbonyl (C=O) groups is 1. The smallest absolute Gasteiger partial charge is 0.251 e. The van der Waals surface area contributed by atoms with Crippen LogP contribution in [0.25, 0.3) is 22.6 Å². The molecule has 2 aromatic heterocycles. The Hall–Kier alpha value is -3.19. The highest BCUT2D eigenvalue weighted by molar-refractivity contribution is 6.33. The second-order valence-corrected chi connectivity index (χ2v) is 7.25. The molecule has 0 aliphatic heterocycles. The van der Waals surface area contributed by atoms with Gasteiger partial charge in [-0.15, -0.1) is 0 Å². The first kappa shape index (κ1) is 21.5. The van der Waals surface area contributed by atoms with E-state index in [4.69, 9.17) is 22.1 Å². The van der Waals surface area contributed by atoms with Crippen LogP contribution in [-0.2, 0) is 11.2 Å². The van der Waals surface area contributed by atoms with E-state index in [1.165, 1.54) is 6.07 Å². The van der Waals surface area contributed by atoms with Crippen LogP contribution in [0.15, 0.2) is 47.4 Å². The van der Waals surface area contributed by atoms with Crippen LogP contribution < -0.4 is 16.0 Å². The average Bonchev–Trinajstić information content (AvgIpc) is 2.73. The summed E-state index contributed by atoms with van der Waals surface area (Å²) in [4.78, 5) is 34.8. The molecule has 3 rings (SSSR count). The van der Waals surface area contributed by atoms with Gasteiger partial charge in [0.25, 0.3) is 5.56 Å². The lowest BCUT2D eigenvalue weighted by Gasteiger charge is -2.09. The molecule has 0 aliphatic carbocycles. The number of halogens is 1. The van der Waals surface area contributed by atoms with Crippen molar-refractivity contribution >= 4 is 17.5 Å². The number of benzene rings is 1. The molecule has 1 aromatic carbocycles. The number of H-pyrrole nitrogens is 1. The van der Waals surface area contributed by atoms with E-state index in [0.717, 1.165) is 12.0 Å². The Morgan fingerprint density at radius 1 is 1.23 bits per heavy atom. The highest BCUT2D eigenvalue weighted by Crippen LogP contribution is 2.28. The van der Waals surface area contributed by atoms with Crippen LogP contribution in [0.1, 0.15) is 31.7 Å². The molecule has 0 aliphatic rings. The largest absolute Gasteiger partial charge is 0.478 e. The quantitative estimate of drug-likeness (QED) is 0.541. The van der Waals surface area contributed by atoms with Gasteiger partial charge in [-0.2, -0.15) is 0 Å². The number of pyridine rings is 1. The van der Waals surface area contributed by atoms with Crippen molar-refractivity contribution in [3.05, 3.63) is 63.5 Å². The Balaban J connectivity index is 1.89. The van der Waals surface area contributed by atoms with Crippen molar-refractivity contribution in [2.24, 2.45) is 5.73 Å². The Kier molecular flexibility index (Phi) is 7.19. The van der Waals surface area contributed by atoms with Crippen LogP contribution in [0.4, 0.5) is 0 Å². The van der Waals surface area contributed by atoms with Gasteiger partial charge in [0.15, 0.2) is 0 Å². The fourth-order valence-electron chi connectivity index (χ4n) is 2.93. The third-order valence-corrected chi connectivity index (χ3v) is 4.73. The summed E-state index contributed by atoms with van der Waals surface area (Å²) in [7, 11) is 0. The van der Waals surface area contributed by atoms with E-state index in [-0.39, 0.29) is 11.5 Å². The van der Waals surface area contributed by atoms with Gasteiger partial charge in [-0.25, -0.2) is 9.97 Å². The van der Waals surface area contributed by atoms with Crippen molar-refractivity contribution in [1.82, 2.24) is 15.0 Å². The minimum absolute atomic E-state index is 0.295. The molecule has 1 amide bonds. The molecule has 156 valence electrons. The number of primary amides is 1. The van der Waals surface area contributed by atoms with Crippen molar-refractivity contribution in [2.45, 2.75) is 32.6 Å². The van der Waals surface area contributed by atoms with Gasteiger partial charge >= 0.3 is 0 Å². The van der Waals surface area contributed by atoms with Gasteiger partial charge in [-0.05, 0) is 43.0 Å². The Morgan fingerprint density at radius 3 is 2.77 bits per heavy atom. The fourth-order valence-corrected chi connectivity index (χ4v) is 3.14. The van der Waals surface area contributed by atoms with Crippen molar-refractivity contribution in [2.75, 3.05) is 6.61 Å². The van der Waals surface area contributed by atoms with Crippen LogP contribution in [0.5, 0.6) is 5.88 Å². The second kappa shape index (κ2) is 10.0. The number of aromatic nitrogens is 3. The SMILES string of the molecule is CCCOc1ccc(-c2cc(=O)[nH]c(-c3cc(CCCC(N)=O)ccc3Cl)n2)cn1. The van der Waals surface area contributed by atoms with Crippen molar-refractivity contribution in [3.63, 3.8) is 0 Å². The lowest BCUT2D eigenvalue weighted by molar-refractivity contribution is -0.118. The minimum atomic E-state index is -0.331. The van der Waals surface area contributed by atoms with E-state index in [0.29, 0.717) is 59.4 Å². The Labute approximate surface area is 179 Å². The predicted octanol–water partition coefficient (Wildman–Crippen LogP) is 3.75. The summed E-state index contributed by atoms with van der Waals surface area (Å²) in [5.41, 5.74) is 7.67. The Bertz CT molecular complexity index is 1080. The number of aryl methyl sites for hydroxylation is 1. The van der Waals surface area contributed by atoms with Gasteiger partial charge in [-0.3, -0.25) is 9.59 Å². The standard InChI is InChI=1S/C22H23ClN4O3/c1-2-10-30-21-9-7-15(13-25-21)18-12-20(29)27-22(26-18)16-11-14(6-8-17(16)23)4-3-5-19(24)28/h6-9,11-13H,2-5,10H2,1H3,(H2,24,28)(H,26,27,29). The summed E-state index contributed by atoms with van der Waals surface area (Å²) in [5, 5.41) is 0.468. The maximum Gasteiger partial charge on any atom is 0.251 e. The number of hydrogen-bond acceptors (Lipinski definition) is 5. The van der Waals surface area contributed by atoms with Crippen molar-refractivity contribution in [1.29, 1.82) is 0 Å². The lowest BCUT2D eigenvalue weighted by atomic mass is 10.0. The molecule has 0 fully saturated rings. The highest BCUT2D eigenvalue weighted by atomic mass is 35.5. The number of hydrogen-bond donors (Lipinski definition) is 2. The molecule has 0 spiro atoms. The zero-order valence-corrected chi connectivity index (χ0v) is 17.4. The van der Waals surface area contributed by atoms with Crippen LogP contribution >= 0.6 is 11.6 Å². The van der Waals surface area contributed by atoms with E-state index in [1.807, 2.05) is 25.1 Å². The van der Waals surface area contributed by atoms with E-state index < -0.39 is 0 Å². The van der Waals surface area contributed by atoms with Crippen molar-refractivity contribution < 1.29 is 9.53 Å². The molecule has 0 atom stereocenters. The maximum atomic E-state index is 12.3. The molecule has 7 nitrogen and oxygen atoms in total. The molecular formula is C22H23ClN4O3. The van der Waals surface area contributed by atoms with E-state index >= 15 is 0 Å². The molecule has 0 unspecified atom stereocenters. The predicted molar refractivity (Wildman–Crippen MR) is 116 cm³/mol. The number of nitrogens with one attached hydrogen (secondary N) is 1. The van der Waals surface area contributed by atoms with Crippen LogP contribution in [0.2, 0.25) is 5.02 Å². The monoisotopic (exact) mass is 426 g/mol. The molecular weight excluding hydrogens is 404 g/mol. The third kappa shape index (κ3) is 5.67. The van der Waals surface area contributed by atoms with Crippen LogP contribution in [0, 0.1) is 0 Å². The van der Waals surface area contributed by atoms with E-state index in [1.54, 1.807) is 18.3 Å². The van der Waals surface area contributed by atoms with Crippen molar-refractivity contribution in [3.8, 4) is 28.5 Å². The Morgan fingerprint density at radius 2 is 2.07 bits per heavy atom. The molecule has 0 saturated heterocycles. The molecule has 3 aromatic rings. The van der Waals surface area contributed by atoms with E-state index in [2.05, 4.69) is 15.0 Å². The molecule has 30 heavy (non-hydrogen) atoms. The van der Waals surface area contributed by atoms with E-state index in [9.17, 15) is 9.59 Å². The summed E-state index contributed by atoms with van der Waals surface area (Å²) >= 11 is 6.37. The zero-order valence-electron chi connectivity index (χ0n) is 16.7. The molecule has 0 radical (unpaired) electrons. The number of amides is 1. The summed E-state index contributed by atoms with van der Waals surface area (Å²) in [5.74, 6) is 0.561. The third-order valence-electron chi connectivity index (χ3n) is 4.40. The number of aromatic amines is 1. The molecule has 0 bridgehead atoms. The number of ether oxygens (including phenoxy) is 1. The first-order valence-electron chi connectivity index (χ1n) is 9.74. The second-order valence-electron chi connectivity index (χ2n) is 6.85. The molecule has 2 heterocycles. The molecule has 3 N–H and O–H groups in total. The van der Waals surface area contributed by atoms with Gasteiger partial charge in [0.1, 0.15) is 5.82 Å². The number of rotatable bonds is 9. The average molecular weight is 427 g/mol. The molecule has 8 heteroatoms. The topological polar surface area (TPSA) is 111 Å². The summed E-state index contributed by atoms with van der Waals surface area (Å²) in [6, 6.07) is 10.5. The fraction of sp³-hybridized carbons (Fsp3) is 0.273. The van der Waals surface area contributed by atoms with Crippen LogP contribution in [0.3, 0.4) is 0 Å². The van der Waals surface area contributed by atoms with Gasteiger partial charge in [0.05, 0.1) is 17.3 Å². The first-order valence-corrected chi connectivity index (χ1v) is 10.1. The normalized spacial score (nSPS) is 10.7. The maximum absolute atomic E-state index is 12.3. The minimum Gasteiger partial charge on any atom is -0.478 e. The van der Waals surface area contributed by atoms with Gasteiger partial charge < -0.3 is 15.5 Å². The van der Waals surface area contributed by atoms with Gasteiger partial charge in [0, 0.05) is 35.9 Å². The zero-order chi connectivity index (χ0) is 21.5. The lowest BCUT2D eigenvalue weighted by Crippen LogP contribution is -2.10. The first-order chi connectivity index (χ1) is 14.5. The van der Waals surface area contributed by atoms with Gasteiger partial charge in [-0.1, -0.05) is 24.6 Å². The van der Waals surface area contributed by atoms with Crippen LogP contribution in [-0.4, -0.2) is 27.5 Å². The summed E-state index contributed by atoms with van der Waals surface area (Å²) < 4.78 is 5.49. The highest BCUT2D eigenvalue weighted by Gasteiger charge is 2.11. The van der Waals surface area contributed by atoms with Gasteiger partial charge in [0.2, 0.25) is 11.8 Å². The number of carbonyl (C=O) groups excluding carboxylic acids is 1. The number of nitrogens with two attached hydrogens (primary N) is 1. The molecule has 0 saturated carbocycles. The number of nitrogens with zero attached hydrogens (tertiary/aromatic N) is 2. The summed E-state index contributed by atoms with van der Waals surface area (Å²) in [6.45, 7) is 2.61. The summed E-state index contributed by atoms with van der Waals surface area (Å²) in [6.07, 6.45) is 4.13.